The molecule has 0 spiro atoms. The highest BCUT2D eigenvalue weighted by molar-refractivity contribution is 5.95. The Hall–Kier alpha value is -2.89. The Bertz CT molecular complexity index is 757. The zero-order valence-corrected chi connectivity index (χ0v) is 13.0. The highest BCUT2D eigenvalue weighted by Crippen LogP contribution is 2.30. The maximum absolute atomic E-state index is 13.9. The van der Waals surface area contributed by atoms with Crippen molar-refractivity contribution in [2.45, 2.75) is 25.4 Å². The lowest BCUT2D eigenvalue weighted by Crippen LogP contribution is -2.33. The van der Waals surface area contributed by atoms with Crippen LogP contribution in [0, 0.1) is 5.82 Å². The molecule has 0 aromatic heterocycles. The number of rotatable bonds is 5. The standard InChI is InChI=1S/C18H18FN3O2/c19-16-4-2-1-3-13(16)11-22(15-9-10-15)17(23)12-5-7-14(8-6-12)21-18(20)24/h1-8,15H,9-11H2,(H3,20,21,24). The number of nitrogens with two attached hydrogens (primary N) is 1. The molecule has 0 unspecified atom stereocenters. The summed E-state index contributed by atoms with van der Waals surface area (Å²) in [5.74, 6) is -0.455. The number of anilines is 1. The van der Waals surface area contributed by atoms with Gasteiger partial charge in [0.1, 0.15) is 5.82 Å². The van der Waals surface area contributed by atoms with Crippen molar-refractivity contribution in [2.75, 3.05) is 5.32 Å². The summed E-state index contributed by atoms with van der Waals surface area (Å²) in [7, 11) is 0. The molecule has 1 aliphatic rings. The van der Waals surface area contributed by atoms with Gasteiger partial charge in [-0.05, 0) is 43.2 Å². The summed E-state index contributed by atoms with van der Waals surface area (Å²) in [5.41, 5.74) is 6.58. The lowest BCUT2D eigenvalue weighted by Gasteiger charge is -2.23. The van der Waals surface area contributed by atoms with Gasteiger partial charge in [0.2, 0.25) is 0 Å². The molecule has 2 aromatic carbocycles. The molecule has 2 aromatic rings. The Labute approximate surface area is 139 Å². The number of nitrogens with zero attached hydrogens (tertiary/aromatic N) is 1. The van der Waals surface area contributed by atoms with Crippen molar-refractivity contribution < 1.29 is 14.0 Å². The van der Waals surface area contributed by atoms with Crippen LogP contribution >= 0.6 is 0 Å². The second-order valence-electron chi connectivity index (χ2n) is 5.82. The number of primary amides is 1. The van der Waals surface area contributed by atoms with E-state index in [9.17, 15) is 14.0 Å². The van der Waals surface area contributed by atoms with E-state index >= 15 is 0 Å². The summed E-state index contributed by atoms with van der Waals surface area (Å²) >= 11 is 0. The van der Waals surface area contributed by atoms with Gasteiger partial charge in [0.25, 0.3) is 5.91 Å². The van der Waals surface area contributed by atoms with Crippen molar-refractivity contribution in [3.8, 4) is 0 Å². The maximum Gasteiger partial charge on any atom is 0.316 e. The van der Waals surface area contributed by atoms with Crippen LogP contribution in [-0.4, -0.2) is 22.9 Å². The molecule has 5 nitrogen and oxygen atoms in total. The fourth-order valence-electron chi connectivity index (χ4n) is 2.57. The minimum absolute atomic E-state index is 0.147. The topological polar surface area (TPSA) is 75.4 Å². The Morgan fingerprint density at radius 3 is 2.38 bits per heavy atom. The predicted octanol–water partition coefficient (Wildman–Crippen LogP) is 3.12. The minimum atomic E-state index is -0.659. The predicted molar refractivity (Wildman–Crippen MR) is 88.9 cm³/mol. The van der Waals surface area contributed by atoms with E-state index in [0.29, 0.717) is 16.8 Å². The van der Waals surface area contributed by atoms with Gasteiger partial charge in [0, 0.05) is 29.4 Å². The number of carbonyl (C=O) groups excluding carboxylic acids is 2. The molecule has 1 aliphatic carbocycles. The first-order valence-electron chi connectivity index (χ1n) is 7.75. The molecule has 0 radical (unpaired) electrons. The van der Waals surface area contributed by atoms with E-state index in [1.807, 2.05) is 0 Å². The SMILES string of the molecule is NC(=O)Nc1ccc(C(=O)N(Cc2ccccc2F)C2CC2)cc1. The van der Waals surface area contributed by atoms with E-state index in [4.69, 9.17) is 5.73 Å². The maximum atomic E-state index is 13.9. The molecule has 3 rings (SSSR count). The van der Waals surface area contributed by atoms with E-state index in [-0.39, 0.29) is 24.3 Å². The molecule has 0 bridgehead atoms. The zero-order valence-electron chi connectivity index (χ0n) is 13.0. The number of amides is 3. The van der Waals surface area contributed by atoms with E-state index in [2.05, 4.69) is 5.32 Å². The Kier molecular flexibility index (Phi) is 4.46. The molecule has 1 saturated carbocycles. The Morgan fingerprint density at radius 1 is 1.12 bits per heavy atom. The van der Waals surface area contributed by atoms with Crippen molar-refractivity contribution in [3.63, 3.8) is 0 Å². The van der Waals surface area contributed by atoms with Gasteiger partial charge >= 0.3 is 6.03 Å². The molecular formula is C18H18FN3O2. The molecular weight excluding hydrogens is 309 g/mol. The quantitative estimate of drug-likeness (QED) is 0.885. The van der Waals surface area contributed by atoms with Crippen molar-refractivity contribution >= 4 is 17.6 Å². The Balaban J connectivity index is 1.77. The lowest BCUT2D eigenvalue weighted by molar-refractivity contribution is 0.0728. The molecule has 124 valence electrons. The van der Waals surface area contributed by atoms with Crippen molar-refractivity contribution in [1.82, 2.24) is 4.90 Å². The number of carbonyl (C=O) groups is 2. The molecule has 3 amide bonds. The number of nitrogens with one attached hydrogen (secondary N) is 1. The highest BCUT2D eigenvalue weighted by atomic mass is 19.1. The summed E-state index contributed by atoms with van der Waals surface area (Å²) in [4.78, 5) is 25.3. The molecule has 24 heavy (non-hydrogen) atoms. The molecule has 0 atom stereocenters. The van der Waals surface area contributed by atoms with Gasteiger partial charge < -0.3 is 16.0 Å². The zero-order chi connectivity index (χ0) is 17.1. The van der Waals surface area contributed by atoms with Crippen molar-refractivity contribution in [1.29, 1.82) is 0 Å². The van der Waals surface area contributed by atoms with Gasteiger partial charge in [-0.2, -0.15) is 0 Å². The van der Waals surface area contributed by atoms with E-state index in [1.165, 1.54) is 6.07 Å². The van der Waals surface area contributed by atoms with Crippen LogP contribution in [0.4, 0.5) is 14.9 Å². The van der Waals surface area contributed by atoms with Crippen LogP contribution in [0.5, 0.6) is 0 Å². The van der Waals surface area contributed by atoms with E-state index in [1.54, 1.807) is 47.4 Å². The van der Waals surface area contributed by atoms with Gasteiger partial charge in [-0.15, -0.1) is 0 Å². The first-order valence-corrected chi connectivity index (χ1v) is 7.75. The third kappa shape index (κ3) is 3.71. The summed E-state index contributed by atoms with van der Waals surface area (Å²) in [6, 6.07) is 12.5. The second-order valence-corrected chi connectivity index (χ2v) is 5.82. The normalized spacial score (nSPS) is 13.4. The first-order chi connectivity index (χ1) is 11.5. The first kappa shape index (κ1) is 16.0. The summed E-state index contributed by atoms with van der Waals surface area (Å²) in [6.45, 7) is 0.247. The van der Waals surface area contributed by atoms with Crippen LogP contribution in [0.1, 0.15) is 28.8 Å². The van der Waals surface area contributed by atoms with Crippen molar-refractivity contribution in [3.05, 3.63) is 65.5 Å². The fraction of sp³-hybridized carbons (Fsp3) is 0.222. The van der Waals surface area contributed by atoms with Crippen LogP contribution in [0.25, 0.3) is 0 Å². The lowest BCUT2D eigenvalue weighted by atomic mass is 10.1. The highest BCUT2D eigenvalue weighted by Gasteiger charge is 2.33. The number of hydrogen-bond donors (Lipinski definition) is 2. The number of benzene rings is 2. The summed E-state index contributed by atoms with van der Waals surface area (Å²) in [5, 5.41) is 2.45. The minimum Gasteiger partial charge on any atom is -0.351 e. The molecule has 0 heterocycles. The molecule has 0 saturated heterocycles. The fourth-order valence-corrected chi connectivity index (χ4v) is 2.57. The smallest absolute Gasteiger partial charge is 0.316 e. The average molecular weight is 327 g/mol. The van der Waals surface area contributed by atoms with Crippen LogP contribution in [0.3, 0.4) is 0 Å². The number of hydrogen-bond acceptors (Lipinski definition) is 2. The van der Waals surface area contributed by atoms with Crippen LogP contribution < -0.4 is 11.1 Å². The van der Waals surface area contributed by atoms with Crippen LogP contribution in [0.2, 0.25) is 0 Å². The molecule has 0 aliphatic heterocycles. The van der Waals surface area contributed by atoms with Crippen LogP contribution in [0.15, 0.2) is 48.5 Å². The largest absolute Gasteiger partial charge is 0.351 e. The Morgan fingerprint density at radius 2 is 1.79 bits per heavy atom. The number of halogens is 1. The van der Waals surface area contributed by atoms with Crippen LogP contribution in [-0.2, 0) is 6.54 Å². The molecule has 1 fully saturated rings. The van der Waals surface area contributed by atoms with Gasteiger partial charge in [-0.1, -0.05) is 18.2 Å². The summed E-state index contributed by atoms with van der Waals surface area (Å²) in [6.07, 6.45) is 1.86. The second kappa shape index (κ2) is 6.70. The van der Waals surface area contributed by atoms with E-state index in [0.717, 1.165) is 12.8 Å². The summed E-state index contributed by atoms with van der Waals surface area (Å²) < 4.78 is 13.9. The van der Waals surface area contributed by atoms with E-state index < -0.39 is 6.03 Å². The van der Waals surface area contributed by atoms with Crippen molar-refractivity contribution in [2.24, 2.45) is 5.73 Å². The third-order valence-electron chi connectivity index (χ3n) is 3.95. The van der Waals surface area contributed by atoms with Gasteiger partial charge in [0.15, 0.2) is 0 Å². The third-order valence-corrected chi connectivity index (χ3v) is 3.95. The molecule has 3 N–H and O–H groups in total. The van der Waals surface area contributed by atoms with Gasteiger partial charge in [-0.25, -0.2) is 9.18 Å². The van der Waals surface area contributed by atoms with Gasteiger partial charge in [-0.3, -0.25) is 4.79 Å². The monoisotopic (exact) mass is 327 g/mol. The average Bonchev–Trinajstić information content (AvgIpc) is 3.38. The number of urea groups is 1. The van der Waals surface area contributed by atoms with Gasteiger partial charge in [0.05, 0.1) is 0 Å². The molecule has 6 heteroatoms.